The predicted octanol–water partition coefficient (Wildman–Crippen LogP) is 5.60. The molecule has 2 nitrogen and oxygen atoms in total. The van der Waals surface area contributed by atoms with Crippen molar-refractivity contribution in [2.75, 3.05) is 0 Å². The molecule has 2 heteroatoms. The molecule has 1 fully saturated rings. The summed E-state index contributed by atoms with van der Waals surface area (Å²) in [5.74, 6) is 0.480. The van der Waals surface area contributed by atoms with Gasteiger partial charge in [0.2, 0.25) is 0 Å². The lowest BCUT2D eigenvalue weighted by Crippen LogP contribution is -2.27. The van der Waals surface area contributed by atoms with Crippen LogP contribution in [0.15, 0.2) is 23.8 Å². The highest BCUT2D eigenvalue weighted by Crippen LogP contribution is 2.54. The zero-order chi connectivity index (χ0) is 16.3. The van der Waals surface area contributed by atoms with E-state index in [0.29, 0.717) is 11.8 Å². The van der Waals surface area contributed by atoms with E-state index in [0.717, 1.165) is 38.5 Å². The molecule has 0 spiro atoms. The Kier molecular flexibility index (Phi) is 5.52. The van der Waals surface area contributed by atoms with E-state index in [2.05, 4.69) is 33.4 Å². The van der Waals surface area contributed by atoms with Crippen molar-refractivity contribution in [1.29, 1.82) is 0 Å². The van der Waals surface area contributed by atoms with Crippen LogP contribution in [0.2, 0.25) is 0 Å². The second-order valence-electron chi connectivity index (χ2n) is 8.00. The summed E-state index contributed by atoms with van der Waals surface area (Å²) < 4.78 is 0. The van der Waals surface area contributed by atoms with Crippen LogP contribution >= 0.6 is 0 Å². The second kappa shape index (κ2) is 7.02. The van der Waals surface area contributed by atoms with Crippen molar-refractivity contribution < 1.29 is 9.90 Å². The molecule has 1 N–H and O–H groups in total. The van der Waals surface area contributed by atoms with Crippen molar-refractivity contribution in [3.8, 4) is 0 Å². The van der Waals surface area contributed by atoms with Crippen molar-refractivity contribution in [2.24, 2.45) is 23.2 Å². The van der Waals surface area contributed by atoms with Crippen molar-refractivity contribution >= 4 is 5.97 Å². The topological polar surface area (TPSA) is 37.3 Å². The molecule has 0 aromatic carbocycles. The summed E-state index contributed by atoms with van der Waals surface area (Å²) in [5, 5.41) is 9.49. The third kappa shape index (κ3) is 3.83. The van der Waals surface area contributed by atoms with E-state index in [1.807, 2.05) is 0 Å². The SMILES string of the molecule is C=C(C)C1CCC2(C)CCC(C(=O)O)CCCC(C)=CCC12. The van der Waals surface area contributed by atoms with Gasteiger partial charge >= 0.3 is 5.97 Å². The quantitative estimate of drug-likeness (QED) is 0.674. The fourth-order valence-electron chi connectivity index (χ4n) is 4.66. The standard InChI is InChI=1S/C20H32O2/c1-14(2)17-11-13-20(4)12-10-16(19(21)22)7-5-6-15(3)8-9-18(17)20/h8,16-18H,1,5-7,9-13H2,2-4H3,(H,21,22). The number of rotatable bonds is 2. The summed E-state index contributed by atoms with van der Waals surface area (Å²) in [5.41, 5.74) is 3.02. The summed E-state index contributed by atoms with van der Waals surface area (Å²) in [6.07, 6.45) is 10.8. The van der Waals surface area contributed by atoms with Crippen LogP contribution in [0.5, 0.6) is 0 Å². The minimum Gasteiger partial charge on any atom is -0.481 e. The van der Waals surface area contributed by atoms with Gasteiger partial charge in [0.1, 0.15) is 0 Å². The van der Waals surface area contributed by atoms with Gasteiger partial charge in [-0.25, -0.2) is 0 Å². The minimum atomic E-state index is -0.601. The third-order valence-corrected chi connectivity index (χ3v) is 6.30. The molecule has 124 valence electrons. The van der Waals surface area contributed by atoms with Crippen LogP contribution in [0, 0.1) is 23.2 Å². The number of fused-ring (bicyclic) bond motifs is 1. The normalized spacial score (nSPS) is 36.9. The Morgan fingerprint density at radius 1 is 1.32 bits per heavy atom. The maximum absolute atomic E-state index is 11.5. The average Bonchev–Trinajstić information content (AvgIpc) is 2.75. The molecule has 0 saturated heterocycles. The minimum absolute atomic E-state index is 0.160. The first-order chi connectivity index (χ1) is 10.3. The van der Waals surface area contributed by atoms with Gasteiger partial charge in [0.25, 0.3) is 0 Å². The lowest BCUT2D eigenvalue weighted by atomic mass is 9.70. The van der Waals surface area contributed by atoms with E-state index >= 15 is 0 Å². The number of hydrogen-bond donors (Lipinski definition) is 1. The Labute approximate surface area is 135 Å². The molecule has 0 aromatic rings. The largest absolute Gasteiger partial charge is 0.481 e. The van der Waals surface area contributed by atoms with E-state index in [4.69, 9.17) is 0 Å². The number of carbonyl (C=O) groups is 1. The molecule has 0 bridgehead atoms. The van der Waals surface area contributed by atoms with Crippen LogP contribution in [0.25, 0.3) is 0 Å². The van der Waals surface area contributed by atoms with Crippen molar-refractivity contribution in [3.05, 3.63) is 23.8 Å². The Morgan fingerprint density at radius 2 is 2.00 bits per heavy atom. The zero-order valence-corrected chi connectivity index (χ0v) is 14.5. The van der Waals surface area contributed by atoms with Crippen LogP contribution in [0.1, 0.15) is 72.1 Å². The molecule has 22 heavy (non-hydrogen) atoms. The summed E-state index contributed by atoms with van der Waals surface area (Å²) in [6.45, 7) is 11.0. The van der Waals surface area contributed by atoms with Gasteiger partial charge in [0.05, 0.1) is 5.92 Å². The van der Waals surface area contributed by atoms with Crippen LogP contribution in [-0.4, -0.2) is 11.1 Å². The van der Waals surface area contributed by atoms with Crippen LogP contribution in [0.3, 0.4) is 0 Å². The maximum Gasteiger partial charge on any atom is 0.306 e. The highest BCUT2D eigenvalue weighted by molar-refractivity contribution is 5.69. The lowest BCUT2D eigenvalue weighted by molar-refractivity contribution is -0.142. The van der Waals surface area contributed by atoms with Gasteiger partial charge in [-0.1, -0.05) is 30.7 Å². The van der Waals surface area contributed by atoms with E-state index < -0.39 is 5.97 Å². The number of carboxylic acids is 1. The highest BCUT2D eigenvalue weighted by Gasteiger charge is 2.44. The van der Waals surface area contributed by atoms with Gasteiger partial charge in [-0.3, -0.25) is 4.79 Å². The van der Waals surface area contributed by atoms with E-state index in [1.54, 1.807) is 0 Å². The number of hydrogen-bond acceptors (Lipinski definition) is 1. The Balaban J connectivity index is 2.24. The third-order valence-electron chi connectivity index (χ3n) is 6.30. The predicted molar refractivity (Wildman–Crippen MR) is 91.7 cm³/mol. The molecule has 4 atom stereocenters. The summed E-state index contributed by atoms with van der Waals surface area (Å²) in [6, 6.07) is 0. The molecule has 0 amide bonds. The zero-order valence-electron chi connectivity index (χ0n) is 14.5. The first-order valence-corrected chi connectivity index (χ1v) is 8.87. The molecule has 2 rings (SSSR count). The molecule has 4 unspecified atom stereocenters. The van der Waals surface area contributed by atoms with Crippen molar-refractivity contribution in [1.82, 2.24) is 0 Å². The van der Waals surface area contributed by atoms with Gasteiger partial charge in [-0.15, -0.1) is 0 Å². The van der Waals surface area contributed by atoms with Crippen LogP contribution in [0.4, 0.5) is 0 Å². The Bertz CT molecular complexity index is 462. The average molecular weight is 304 g/mol. The number of carboxylic acid groups (broad SMARTS) is 1. The molecular formula is C20H32O2. The lowest BCUT2D eigenvalue weighted by Gasteiger charge is -2.35. The molecule has 2 aliphatic carbocycles. The molecule has 0 radical (unpaired) electrons. The molecule has 0 aliphatic heterocycles. The van der Waals surface area contributed by atoms with E-state index in [9.17, 15) is 9.90 Å². The van der Waals surface area contributed by atoms with E-state index in [-0.39, 0.29) is 11.3 Å². The first kappa shape index (κ1) is 17.3. The Morgan fingerprint density at radius 3 is 2.64 bits per heavy atom. The fraction of sp³-hybridized carbons (Fsp3) is 0.750. The maximum atomic E-state index is 11.5. The smallest absolute Gasteiger partial charge is 0.306 e. The summed E-state index contributed by atoms with van der Waals surface area (Å²) in [7, 11) is 0. The molecule has 0 heterocycles. The van der Waals surface area contributed by atoms with Gasteiger partial charge < -0.3 is 5.11 Å². The molecule has 2 aliphatic rings. The molecular weight excluding hydrogens is 272 g/mol. The first-order valence-electron chi connectivity index (χ1n) is 8.87. The number of aliphatic carboxylic acids is 1. The van der Waals surface area contributed by atoms with Gasteiger partial charge in [0.15, 0.2) is 0 Å². The summed E-state index contributed by atoms with van der Waals surface area (Å²) in [4.78, 5) is 11.5. The van der Waals surface area contributed by atoms with Gasteiger partial charge in [-0.2, -0.15) is 0 Å². The fourth-order valence-corrected chi connectivity index (χ4v) is 4.66. The molecule has 1 saturated carbocycles. The monoisotopic (exact) mass is 304 g/mol. The molecule has 0 aromatic heterocycles. The van der Waals surface area contributed by atoms with Gasteiger partial charge in [0, 0.05) is 0 Å². The Hall–Kier alpha value is -1.05. The highest BCUT2D eigenvalue weighted by atomic mass is 16.4. The number of allylic oxidation sites excluding steroid dienone is 3. The van der Waals surface area contributed by atoms with E-state index in [1.165, 1.54) is 24.0 Å². The van der Waals surface area contributed by atoms with Crippen LogP contribution < -0.4 is 0 Å². The van der Waals surface area contributed by atoms with Gasteiger partial charge in [-0.05, 0) is 82.5 Å². The summed E-state index contributed by atoms with van der Waals surface area (Å²) >= 11 is 0. The van der Waals surface area contributed by atoms with Crippen molar-refractivity contribution in [3.63, 3.8) is 0 Å². The second-order valence-corrected chi connectivity index (χ2v) is 8.00. The van der Waals surface area contributed by atoms with Crippen molar-refractivity contribution in [2.45, 2.75) is 72.1 Å². The van der Waals surface area contributed by atoms with Crippen LogP contribution in [-0.2, 0) is 4.79 Å².